The van der Waals surface area contributed by atoms with Gasteiger partial charge in [0.2, 0.25) is 0 Å². The molecule has 0 amide bonds. The molecule has 1 aliphatic rings. The first-order valence-corrected chi connectivity index (χ1v) is 5.61. The molecule has 0 aliphatic carbocycles. The molecule has 1 heterocycles. The number of hydrogen-bond acceptors (Lipinski definition) is 2. The van der Waals surface area contributed by atoms with Crippen LogP contribution in [-0.2, 0) is 6.42 Å². The van der Waals surface area contributed by atoms with Crippen LogP contribution in [0.5, 0.6) is 5.75 Å². The topological polar surface area (TPSA) is 26.3 Å². The maximum absolute atomic E-state index is 10.4. The van der Waals surface area contributed by atoms with Crippen molar-refractivity contribution in [3.63, 3.8) is 0 Å². The van der Waals surface area contributed by atoms with Crippen LogP contribution in [-0.4, -0.2) is 12.9 Å². The predicted molar refractivity (Wildman–Crippen MR) is 63.7 cm³/mol. The average Bonchev–Trinajstić information content (AvgIpc) is 2.81. The van der Waals surface area contributed by atoms with E-state index in [1.165, 1.54) is 0 Å². The Hall–Kier alpha value is -1.31. The molecular weight excluding hydrogens is 188 g/mol. The zero-order chi connectivity index (χ0) is 11.7. The maximum Gasteiger partial charge on any atom is 0.150 e. The second-order valence-electron chi connectivity index (χ2n) is 2.58. The fourth-order valence-electron chi connectivity index (χ4n) is 1.28. The third-order valence-corrected chi connectivity index (χ3v) is 1.85. The quantitative estimate of drug-likeness (QED) is 0.660. The molecule has 0 saturated carbocycles. The molecule has 1 aromatic carbocycles. The highest BCUT2D eigenvalue weighted by molar-refractivity contribution is 5.75. The lowest BCUT2D eigenvalue weighted by atomic mass is 10.1. The molecule has 0 unspecified atom stereocenters. The Bertz CT molecular complexity index is 293. The molecule has 0 saturated heterocycles. The number of benzene rings is 1. The largest absolute Gasteiger partial charge is 0.493 e. The predicted octanol–water partition coefficient (Wildman–Crippen LogP) is 3.49. The monoisotopic (exact) mass is 208 g/mol. The van der Waals surface area contributed by atoms with Crippen LogP contribution in [0.1, 0.15) is 43.6 Å². The fourth-order valence-corrected chi connectivity index (χ4v) is 1.28. The number of hydrogen-bond donors (Lipinski definition) is 0. The van der Waals surface area contributed by atoms with Gasteiger partial charge in [0.25, 0.3) is 0 Å². The molecule has 0 radical (unpaired) electrons. The van der Waals surface area contributed by atoms with Crippen LogP contribution in [0.3, 0.4) is 0 Å². The lowest BCUT2D eigenvalue weighted by Gasteiger charge is -1.97. The van der Waals surface area contributed by atoms with Crippen LogP contribution >= 0.6 is 0 Å². The normalized spacial score (nSPS) is 10.9. The SMILES string of the molecule is CC.CC.O=Cc1ccc2c(c1)CCO2. The van der Waals surface area contributed by atoms with E-state index in [-0.39, 0.29) is 0 Å². The first-order valence-electron chi connectivity index (χ1n) is 5.61. The van der Waals surface area contributed by atoms with Crippen LogP contribution in [0.2, 0.25) is 0 Å². The van der Waals surface area contributed by atoms with Gasteiger partial charge >= 0.3 is 0 Å². The van der Waals surface area contributed by atoms with Crippen LogP contribution < -0.4 is 4.74 Å². The molecular formula is C13H20O2. The van der Waals surface area contributed by atoms with Crippen molar-refractivity contribution in [2.45, 2.75) is 34.1 Å². The summed E-state index contributed by atoms with van der Waals surface area (Å²) in [4.78, 5) is 10.4. The van der Waals surface area contributed by atoms with E-state index in [4.69, 9.17) is 4.74 Å². The molecule has 1 aromatic rings. The highest BCUT2D eigenvalue weighted by Gasteiger charge is 2.10. The number of fused-ring (bicyclic) bond motifs is 1. The first-order chi connectivity index (χ1) is 7.40. The zero-order valence-electron chi connectivity index (χ0n) is 10.0. The Morgan fingerprint density at radius 2 is 1.87 bits per heavy atom. The van der Waals surface area contributed by atoms with Crippen molar-refractivity contribution in [1.29, 1.82) is 0 Å². The maximum atomic E-state index is 10.4. The van der Waals surface area contributed by atoms with Crippen LogP contribution in [0.15, 0.2) is 18.2 Å². The summed E-state index contributed by atoms with van der Waals surface area (Å²) in [5, 5.41) is 0. The smallest absolute Gasteiger partial charge is 0.150 e. The summed E-state index contributed by atoms with van der Waals surface area (Å²) < 4.78 is 5.28. The van der Waals surface area contributed by atoms with E-state index in [2.05, 4.69) is 0 Å². The Labute approximate surface area is 92.3 Å². The van der Waals surface area contributed by atoms with Crippen molar-refractivity contribution >= 4 is 6.29 Å². The molecule has 2 heteroatoms. The highest BCUT2D eigenvalue weighted by atomic mass is 16.5. The average molecular weight is 208 g/mol. The molecule has 0 aromatic heterocycles. The van der Waals surface area contributed by atoms with Crippen molar-refractivity contribution in [3.05, 3.63) is 29.3 Å². The summed E-state index contributed by atoms with van der Waals surface area (Å²) in [6.45, 7) is 8.75. The standard InChI is InChI=1S/C9H8O2.2C2H6/c10-6-7-1-2-9-8(5-7)3-4-11-9;2*1-2/h1-2,5-6H,3-4H2;2*1-2H3. The minimum Gasteiger partial charge on any atom is -0.493 e. The lowest BCUT2D eigenvalue weighted by Crippen LogP contribution is -1.85. The summed E-state index contributed by atoms with van der Waals surface area (Å²) in [7, 11) is 0. The Balaban J connectivity index is 0.000000442. The van der Waals surface area contributed by atoms with Crippen molar-refractivity contribution in [3.8, 4) is 5.75 Å². The number of carbonyl (C=O) groups is 1. The fraction of sp³-hybridized carbons (Fsp3) is 0.462. The van der Waals surface area contributed by atoms with E-state index >= 15 is 0 Å². The molecule has 0 N–H and O–H groups in total. The van der Waals surface area contributed by atoms with E-state index in [0.717, 1.165) is 36.2 Å². The number of aldehydes is 1. The summed E-state index contributed by atoms with van der Waals surface area (Å²) in [5.41, 5.74) is 1.88. The summed E-state index contributed by atoms with van der Waals surface area (Å²) in [6, 6.07) is 5.51. The van der Waals surface area contributed by atoms with Gasteiger partial charge < -0.3 is 4.74 Å². The van der Waals surface area contributed by atoms with E-state index in [0.29, 0.717) is 0 Å². The molecule has 0 bridgehead atoms. The van der Waals surface area contributed by atoms with Crippen molar-refractivity contribution in [2.24, 2.45) is 0 Å². The lowest BCUT2D eigenvalue weighted by molar-refractivity contribution is 0.112. The highest BCUT2D eigenvalue weighted by Crippen LogP contribution is 2.24. The second-order valence-corrected chi connectivity index (χ2v) is 2.58. The van der Waals surface area contributed by atoms with Crippen LogP contribution in [0.25, 0.3) is 0 Å². The number of carbonyl (C=O) groups excluding carboxylic acids is 1. The Morgan fingerprint density at radius 1 is 1.20 bits per heavy atom. The molecule has 84 valence electrons. The minimum absolute atomic E-state index is 0.731. The number of rotatable bonds is 1. The molecule has 2 rings (SSSR count). The Morgan fingerprint density at radius 3 is 2.47 bits per heavy atom. The Kier molecular flexibility index (Phi) is 7.33. The second kappa shape index (κ2) is 8.04. The van der Waals surface area contributed by atoms with Gasteiger partial charge in [-0.25, -0.2) is 0 Å². The third-order valence-electron chi connectivity index (χ3n) is 1.85. The molecule has 2 nitrogen and oxygen atoms in total. The summed E-state index contributed by atoms with van der Waals surface area (Å²) in [5.74, 6) is 0.926. The van der Waals surface area contributed by atoms with Gasteiger partial charge in [0.1, 0.15) is 12.0 Å². The van der Waals surface area contributed by atoms with Crippen molar-refractivity contribution in [2.75, 3.05) is 6.61 Å². The first kappa shape index (κ1) is 13.7. The third kappa shape index (κ3) is 3.74. The molecule has 1 aliphatic heterocycles. The van der Waals surface area contributed by atoms with Gasteiger partial charge in [-0.05, 0) is 23.8 Å². The van der Waals surface area contributed by atoms with Gasteiger partial charge in [0, 0.05) is 12.0 Å². The van der Waals surface area contributed by atoms with E-state index < -0.39 is 0 Å². The van der Waals surface area contributed by atoms with Crippen molar-refractivity contribution in [1.82, 2.24) is 0 Å². The van der Waals surface area contributed by atoms with Gasteiger partial charge in [-0.2, -0.15) is 0 Å². The molecule has 0 fully saturated rings. The van der Waals surface area contributed by atoms with Gasteiger partial charge in [0.05, 0.1) is 6.61 Å². The zero-order valence-corrected chi connectivity index (χ0v) is 10.0. The van der Waals surface area contributed by atoms with Crippen LogP contribution in [0.4, 0.5) is 0 Å². The van der Waals surface area contributed by atoms with Gasteiger partial charge in [-0.3, -0.25) is 4.79 Å². The van der Waals surface area contributed by atoms with Crippen molar-refractivity contribution < 1.29 is 9.53 Å². The van der Waals surface area contributed by atoms with Gasteiger partial charge in [-0.15, -0.1) is 0 Å². The van der Waals surface area contributed by atoms with E-state index in [1.54, 1.807) is 6.07 Å². The molecule has 0 atom stereocenters. The summed E-state index contributed by atoms with van der Waals surface area (Å²) in [6.07, 6.45) is 1.79. The molecule has 0 spiro atoms. The minimum atomic E-state index is 0.731. The van der Waals surface area contributed by atoms with E-state index in [9.17, 15) is 4.79 Å². The molecule has 15 heavy (non-hydrogen) atoms. The van der Waals surface area contributed by atoms with Crippen LogP contribution in [0, 0.1) is 0 Å². The van der Waals surface area contributed by atoms with Gasteiger partial charge in [-0.1, -0.05) is 27.7 Å². The van der Waals surface area contributed by atoms with Gasteiger partial charge in [0.15, 0.2) is 0 Å². The summed E-state index contributed by atoms with van der Waals surface area (Å²) >= 11 is 0. The number of ether oxygens (including phenoxy) is 1. The van der Waals surface area contributed by atoms with E-state index in [1.807, 2.05) is 39.8 Å².